The Morgan fingerprint density at radius 3 is 2.71 bits per heavy atom. The lowest BCUT2D eigenvalue weighted by Crippen LogP contribution is -2.41. The van der Waals surface area contributed by atoms with E-state index in [1.165, 1.54) is 11.8 Å². The minimum absolute atomic E-state index is 0.356. The minimum atomic E-state index is -1.03. The molecule has 0 aromatic heterocycles. The van der Waals surface area contributed by atoms with E-state index >= 15 is 0 Å². The molecule has 0 unspecified atom stereocenters. The van der Waals surface area contributed by atoms with Gasteiger partial charge in [0.1, 0.15) is 19.3 Å². The van der Waals surface area contributed by atoms with Crippen molar-refractivity contribution in [2.24, 2.45) is 0 Å². The average Bonchev–Trinajstić information content (AvgIpc) is 2.50. The predicted molar refractivity (Wildman–Crippen MR) is 79.3 cm³/mol. The summed E-state index contributed by atoms with van der Waals surface area (Å²) in [6, 6.07) is 3.92. The molecule has 6 nitrogen and oxygen atoms in total. The van der Waals surface area contributed by atoms with Gasteiger partial charge in [-0.2, -0.15) is 11.8 Å². The van der Waals surface area contributed by atoms with E-state index < -0.39 is 17.9 Å². The van der Waals surface area contributed by atoms with E-state index in [0.29, 0.717) is 42.4 Å². The lowest BCUT2D eigenvalue weighted by atomic mass is 10.1. The third-order valence-corrected chi connectivity index (χ3v) is 3.66. The van der Waals surface area contributed by atoms with Gasteiger partial charge in [0.25, 0.3) is 5.91 Å². The van der Waals surface area contributed by atoms with Gasteiger partial charge in [-0.25, -0.2) is 4.79 Å². The van der Waals surface area contributed by atoms with E-state index in [-0.39, 0.29) is 0 Å². The molecule has 21 heavy (non-hydrogen) atoms. The molecule has 0 aliphatic carbocycles. The van der Waals surface area contributed by atoms with Crippen LogP contribution in [-0.2, 0) is 4.79 Å². The van der Waals surface area contributed by atoms with Gasteiger partial charge in [-0.3, -0.25) is 4.79 Å². The van der Waals surface area contributed by atoms with Crippen LogP contribution >= 0.6 is 11.8 Å². The summed E-state index contributed by atoms with van der Waals surface area (Å²) in [5, 5.41) is 11.6. The Bertz CT molecular complexity index is 534. The Kier molecular flexibility index (Phi) is 5.32. The summed E-state index contributed by atoms with van der Waals surface area (Å²) in [5.41, 5.74) is 0.356. The zero-order valence-electron chi connectivity index (χ0n) is 11.6. The van der Waals surface area contributed by atoms with Crippen LogP contribution in [-0.4, -0.2) is 48.2 Å². The zero-order valence-corrected chi connectivity index (χ0v) is 12.4. The molecule has 114 valence electrons. The van der Waals surface area contributed by atoms with Crippen molar-refractivity contribution in [3.8, 4) is 11.5 Å². The van der Waals surface area contributed by atoms with Crippen molar-refractivity contribution in [2.45, 2.75) is 12.5 Å². The molecule has 0 radical (unpaired) electrons. The molecule has 1 atom stereocenters. The van der Waals surface area contributed by atoms with E-state index in [2.05, 4.69) is 5.32 Å². The van der Waals surface area contributed by atoms with Gasteiger partial charge in [0.05, 0.1) is 0 Å². The monoisotopic (exact) mass is 311 g/mol. The van der Waals surface area contributed by atoms with Gasteiger partial charge in [0, 0.05) is 5.56 Å². The van der Waals surface area contributed by atoms with Gasteiger partial charge >= 0.3 is 5.97 Å². The van der Waals surface area contributed by atoms with Gasteiger partial charge < -0.3 is 19.9 Å². The van der Waals surface area contributed by atoms with Crippen LogP contribution in [0.5, 0.6) is 11.5 Å². The van der Waals surface area contributed by atoms with E-state index in [0.717, 1.165) is 0 Å². The second-order valence-corrected chi connectivity index (χ2v) is 5.49. The maximum atomic E-state index is 12.1. The Labute approximate surface area is 126 Å². The van der Waals surface area contributed by atoms with Crippen LogP contribution in [0, 0.1) is 0 Å². The molecule has 1 amide bonds. The van der Waals surface area contributed by atoms with Crippen LogP contribution in [0.3, 0.4) is 0 Å². The number of carboxylic acids is 1. The van der Waals surface area contributed by atoms with Crippen molar-refractivity contribution in [2.75, 3.05) is 25.2 Å². The third-order valence-electron chi connectivity index (χ3n) is 3.02. The number of carbonyl (C=O) groups is 2. The SMILES string of the molecule is CSCC[C@H](NC(=O)c1ccc2c(c1)OCCO2)C(=O)O. The molecule has 0 spiro atoms. The van der Waals surface area contributed by atoms with Crippen molar-refractivity contribution in [1.29, 1.82) is 0 Å². The molecule has 1 aromatic rings. The topological polar surface area (TPSA) is 84.9 Å². The van der Waals surface area contributed by atoms with Gasteiger partial charge in [-0.1, -0.05) is 0 Å². The number of hydrogen-bond donors (Lipinski definition) is 2. The number of amides is 1. The van der Waals surface area contributed by atoms with Crippen LogP contribution in [0.4, 0.5) is 0 Å². The summed E-state index contributed by atoms with van der Waals surface area (Å²) in [6.07, 6.45) is 2.27. The Morgan fingerprint density at radius 2 is 2.05 bits per heavy atom. The summed E-state index contributed by atoms with van der Waals surface area (Å²) in [7, 11) is 0. The predicted octanol–water partition coefficient (Wildman–Crippen LogP) is 1.39. The lowest BCUT2D eigenvalue weighted by molar-refractivity contribution is -0.139. The van der Waals surface area contributed by atoms with Gasteiger partial charge in [-0.05, 0) is 36.6 Å². The normalized spacial score (nSPS) is 14.3. The molecule has 2 rings (SSSR count). The number of thioether (sulfide) groups is 1. The van der Waals surface area contributed by atoms with Crippen LogP contribution in [0.1, 0.15) is 16.8 Å². The van der Waals surface area contributed by atoms with E-state index in [4.69, 9.17) is 14.6 Å². The van der Waals surface area contributed by atoms with Crippen molar-refractivity contribution >= 4 is 23.6 Å². The largest absolute Gasteiger partial charge is 0.486 e. The number of nitrogens with one attached hydrogen (secondary N) is 1. The molecular weight excluding hydrogens is 294 g/mol. The molecule has 7 heteroatoms. The summed E-state index contributed by atoms with van der Waals surface area (Å²) in [5.74, 6) is 0.300. The highest BCUT2D eigenvalue weighted by atomic mass is 32.2. The second kappa shape index (κ2) is 7.21. The van der Waals surface area contributed by atoms with Gasteiger partial charge in [0.15, 0.2) is 11.5 Å². The highest BCUT2D eigenvalue weighted by molar-refractivity contribution is 7.98. The summed E-state index contributed by atoms with van der Waals surface area (Å²) in [6.45, 7) is 0.915. The molecule has 0 saturated heterocycles. The number of ether oxygens (including phenoxy) is 2. The average molecular weight is 311 g/mol. The highest BCUT2D eigenvalue weighted by Crippen LogP contribution is 2.30. The maximum absolute atomic E-state index is 12.1. The number of hydrogen-bond acceptors (Lipinski definition) is 5. The molecule has 2 N–H and O–H groups in total. The van der Waals surface area contributed by atoms with Gasteiger partial charge in [-0.15, -0.1) is 0 Å². The Hall–Kier alpha value is -1.89. The van der Waals surface area contributed by atoms with Gasteiger partial charge in [0.2, 0.25) is 0 Å². The van der Waals surface area contributed by atoms with Crippen LogP contribution < -0.4 is 14.8 Å². The number of fused-ring (bicyclic) bond motifs is 1. The molecule has 0 bridgehead atoms. The first-order valence-electron chi connectivity index (χ1n) is 6.54. The fourth-order valence-electron chi connectivity index (χ4n) is 1.92. The van der Waals surface area contributed by atoms with E-state index in [1.807, 2.05) is 6.26 Å². The lowest BCUT2D eigenvalue weighted by Gasteiger charge is -2.19. The molecule has 1 heterocycles. The number of rotatable bonds is 6. The fraction of sp³-hybridized carbons (Fsp3) is 0.429. The van der Waals surface area contributed by atoms with Crippen molar-refractivity contribution < 1.29 is 24.2 Å². The minimum Gasteiger partial charge on any atom is -0.486 e. The van der Waals surface area contributed by atoms with Crippen molar-refractivity contribution in [3.05, 3.63) is 23.8 Å². The van der Waals surface area contributed by atoms with Crippen molar-refractivity contribution in [1.82, 2.24) is 5.32 Å². The van der Waals surface area contributed by atoms with Crippen LogP contribution in [0.25, 0.3) is 0 Å². The number of aliphatic carboxylic acids is 1. The smallest absolute Gasteiger partial charge is 0.326 e. The van der Waals surface area contributed by atoms with Crippen LogP contribution in [0.2, 0.25) is 0 Å². The quantitative estimate of drug-likeness (QED) is 0.826. The second-order valence-electron chi connectivity index (χ2n) is 4.50. The summed E-state index contributed by atoms with van der Waals surface area (Å²) >= 11 is 1.54. The fourth-order valence-corrected chi connectivity index (χ4v) is 2.39. The molecule has 1 aliphatic rings. The first-order chi connectivity index (χ1) is 10.1. The van der Waals surface area contributed by atoms with Crippen LogP contribution in [0.15, 0.2) is 18.2 Å². The zero-order chi connectivity index (χ0) is 15.2. The molecule has 0 saturated carbocycles. The Balaban J connectivity index is 2.06. The highest BCUT2D eigenvalue weighted by Gasteiger charge is 2.21. The number of benzene rings is 1. The maximum Gasteiger partial charge on any atom is 0.326 e. The molecule has 1 aromatic carbocycles. The first-order valence-corrected chi connectivity index (χ1v) is 7.93. The van der Waals surface area contributed by atoms with E-state index in [1.54, 1.807) is 18.2 Å². The summed E-state index contributed by atoms with van der Waals surface area (Å²) in [4.78, 5) is 23.3. The van der Waals surface area contributed by atoms with Crippen molar-refractivity contribution in [3.63, 3.8) is 0 Å². The third kappa shape index (κ3) is 4.04. The molecule has 0 fully saturated rings. The standard InChI is InChI=1S/C14H17NO5S/c1-21-7-4-10(14(17)18)15-13(16)9-2-3-11-12(8-9)20-6-5-19-11/h2-3,8,10H,4-7H2,1H3,(H,15,16)(H,17,18)/t10-/m0/s1. The first kappa shape index (κ1) is 15.5. The molecule has 1 aliphatic heterocycles. The Morgan fingerprint density at radius 1 is 1.33 bits per heavy atom. The number of carbonyl (C=O) groups excluding carboxylic acids is 1. The van der Waals surface area contributed by atoms with E-state index in [9.17, 15) is 9.59 Å². The number of carboxylic acid groups (broad SMARTS) is 1. The molecular formula is C14H17NO5S. The summed E-state index contributed by atoms with van der Waals surface area (Å²) < 4.78 is 10.8.